The average molecular weight is 310 g/mol. The highest BCUT2D eigenvalue weighted by atomic mass is 79.9. The molecule has 3 rings (SSSR count). The largest absolute Gasteiger partial charge is 0.487 e. The summed E-state index contributed by atoms with van der Waals surface area (Å²) in [7, 11) is 0. The van der Waals surface area contributed by atoms with Gasteiger partial charge in [-0.05, 0) is 42.9 Å². The van der Waals surface area contributed by atoms with E-state index < -0.39 is 0 Å². The van der Waals surface area contributed by atoms with Crippen LogP contribution < -0.4 is 10.5 Å². The van der Waals surface area contributed by atoms with Gasteiger partial charge in [-0.3, -0.25) is 0 Å². The Morgan fingerprint density at radius 1 is 1.33 bits per heavy atom. The van der Waals surface area contributed by atoms with Gasteiger partial charge in [0.1, 0.15) is 11.4 Å². The van der Waals surface area contributed by atoms with Gasteiger partial charge in [0.25, 0.3) is 0 Å². The Morgan fingerprint density at radius 2 is 2.06 bits per heavy atom. The summed E-state index contributed by atoms with van der Waals surface area (Å²) in [5.74, 6) is 2.54. The molecule has 1 fully saturated rings. The second-order valence-corrected chi connectivity index (χ2v) is 7.11. The van der Waals surface area contributed by atoms with Gasteiger partial charge >= 0.3 is 0 Å². The number of fused-ring (bicyclic) bond motifs is 1. The quantitative estimate of drug-likeness (QED) is 0.850. The summed E-state index contributed by atoms with van der Waals surface area (Å²) in [5, 5.41) is 0. The molecule has 1 aliphatic heterocycles. The number of rotatable bonds is 1. The topological polar surface area (TPSA) is 35.2 Å². The van der Waals surface area contributed by atoms with Crippen molar-refractivity contribution in [2.75, 3.05) is 0 Å². The summed E-state index contributed by atoms with van der Waals surface area (Å²) in [6, 6.07) is 6.27. The summed E-state index contributed by atoms with van der Waals surface area (Å²) >= 11 is 3.49. The Balaban J connectivity index is 1.83. The molecule has 98 valence electrons. The van der Waals surface area contributed by atoms with Gasteiger partial charge in [-0.25, -0.2) is 0 Å². The number of ether oxygens (including phenoxy) is 1. The second-order valence-electron chi connectivity index (χ2n) is 6.19. The Hall–Kier alpha value is -0.540. The molecule has 1 aromatic carbocycles. The standard InChI is InChI=1S/C15H20BrNO/c1-9(2)10-6-15(7-10)8-13(17)12-5-11(16)3-4-14(12)18-15/h3-5,9-10,13H,6-8,17H2,1-2H3/t10?,13-,15?/m0/s1. The molecule has 2 nitrogen and oxygen atoms in total. The summed E-state index contributed by atoms with van der Waals surface area (Å²) in [5.41, 5.74) is 7.49. The van der Waals surface area contributed by atoms with E-state index in [-0.39, 0.29) is 11.6 Å². The minimum atomic E-state index is 0.0230. The maximum atomic E-state index is 6.32. The monoisotopic (exact) mass is 309 g/mol. The predicted octanol–water partition coefficient (Wildman–Crippen LogP) is 4.04. The molecule has 1 saturated carbocycles. The zero-order chi connectivity index (χ0) is 12.9. The molecule has 2 aliphatic rings. The molecule has 3 heteroatoms. The molecule has 0 aromatic heterocycles. The maximum Gasteiger partial charge on any atom is 0.124 e. The Bertz CT molecular complexity index is 466. The van der Waals surface area contributed by atoms with E-state index in [9.17, 15) is 0 Å². The predicted molar refractivity (Wildman–Crippen MR) is 76.6 cm³/mol. The molecule has 2 N–H and O–H groups in total. The zero-order valence-corrected chi connectivity index (χ0v) is 12.5. The Morgan fingerprint density at radius 3 is 2.72 bits per heavy atom. The molecular weight excluding hydrogens is 290 g/mol. The maximum absolute atomic E-state index is 6.32. The van der Waals surface area contributed by atoms with Crippen LogP contribution in [0.4, 0.5) is 0 Å². The summed E-state index contributed by atoms with van der Waals surface area (Å²) in [6.45, 7) is 4.59. The van der Waals surface area contributed by atoms with E-state index in [2.05, 4.69) is 35.8 Å². The van der Waals surface area contributed by atoms with E-state index in [1.807, 2.05) is 12.1 Å². The number of hydrogen-bond donors (Lipinski definition) is 1. The van der Waals surface area contributed by atoms with Crippen molar-refractivity contribution >= 4 is 15.9 Å². The number of benzene rings is 1. The van der Waals surface area contributed by atoms with E-state index in [4.69, 9.17) is 10.5 Å². The van der Waals surface area contributed by atoms with Crippen molar-refractivity contribution in [3.05, 3.63) is 28.2 Å². The van der Waals surface area contributed by atoms with Crippen molar-refractivity contribution in [2.45, 2.75) is 44.8 Å². The summed E-state index contributed by atoms with van der Waals surface area (Å²) < 4.78 is 7.33. The fourth-order valence-corrected chi connectivity index (χ4v) is 3.68. The molecule has 0 unspecified atom stereocenters. The van der Waals surface area contributed by atoms with E-state index in [0.29, 0.717) is 0 Å². The minimum absolute atomic E-state index is 0.0230. The minimum Gasteiger partial charge on any atom is -0.487 e. The molecule has 1 aliphatic carbocycles. The van der Waals surface area contributed by atoms with Crippen LogP contribution in [0.1, 0.15) is 44.7 Å². The van der Waals surface area contributed by atoms with Gasteiger partial charge in [0.2, 0.25) is 0 Å². The van der Waals surface area contributed by atoms with Crippen LogP contribution in [0.25, 0.3) is 0 Å². The first-order chi connectivity index (χ1) is 8.49. The lowest BCUT2D eigenvalue weighted by molar-refractivity contribution is -0.0845. The Labute approximate surface area is 117 Å². The molecule has 0 radical (unpaired) electrons. The van der Waals surface area contributed by atoms with Crippen LogP contribution in [0.2, 0.25) is 0 Å². The van der Waals surface area contributed by atoms with Crippen LogP contribution in [0.15, 0.2) is 22.7 Å². The van der Waals surface area contributed by atoms with Gasteiger partial charge in [-0.1, -0.05) is 29.8 Å². The van der Waals surface area contributed by atoms with E-state index in [1.165, 1.54) is 0 Å². The fourth-order valence-electron chi connectivity index (χ4n) is 3.30. The molecule has 1 aromatic rings. The summed E-state index contributed by atoms with van der Waals surface area (Å²) in [4.78, 5) is 0. The van der Waals surface area contributed by atoms with E-state index >= 15 is 0 Å². The third-order valence-corrected chi connectivity index (χ3v) is 4.99. The van der Waals surface area contributed by atoms with Gasteiger partial charge in [-0.2, -0.15) is 0 Å². The van der Waals surface area contributed by atoms with Crippen molar-refractivity contribution < 1.29 is 4.74 Å². The highest BCUT2D eigenvalue weighted by Crippen LogP contribution is 2.52. The van der Waals surface area contributed by atoms with Gasteiger partial charge < -0.3 is 10.5 Å². The first kappa shape index (κ1) is 12.5. The molecule has 0 saturated heterocycles. The number of hydrogen-bond acceptors (Lipinski definition) is 2. The molecule has 0 amide bonds. The van der Waals surface area contributed by atoms with Crippen LogP contribution >= 0.6 is 15.9 Å². The SMILES string of the molecule is CC(C)C1CC2(C1)C[C@H](N)c1cc(Br)ccc1O2. The van der Waals surface area contributed by atoms with Crippen molar-refractivity contribution in [1.29, 1.82) is 0 Å². The average Bonchev–Trinajstić information content (AvgIpc) is 2.26. The molecule has 1 heterocycles. The van der Waals surface area contributed by atoms with Crippen LogP contribution in [0, 0.1) is 11.8 Å². The van der Waals surface area contributed by atoms with Gasteiger partial charge in [0.15, 0.2) is 0 Å². The lowest BCUT2D eigenvalue weighted by Crippen LogP contribution is -2.53. The van der Waals surface area contributed by atoms with Crippen LogP contribution in [-0.4, -0.2) is 5.60 Å². The smallest absolute Gasteiger partial charge is 0.124 e. The van der Waals surface area contributed by atoms with E-state index in [0.717, 1.165) is 46.9 Å². The lowest BCUT2D eigenvalue weighted by Gasteiger charge is -2.52. The summed E-state index contributed by atoms with van der Waals surface area (Å²) in [6.07, 6.45) is 3.28. The van der Waals surface area contributed by atoms with Gasteiger partial charge in [0.05, 0.1) is 0 Å². The van der Waals surface area contributed by atoms with Crippen LogP contribution in [0.5, 0.6) is 5.75 Å². The molecule has 18 heavy (non-hydrogen) atoms. The van der Waals surface area contributed by atoms with Crippen molar-refractivity contribution in [3.63, 3.8) is 0 Å². The van der Waals surface area contributed by atoms with Gasteiger partial charge in [-0.15, -0.1) is 0 Å². The zero-order valence-electron chi connectivity index (χ0n) is 10.9. The lowest BCUT2D eigenvalue weighted by atomic mass is 9.62. The van der Waals surface area contributed by atoms with Crippen LogP contribution in [0.3, 0.4) is 0 Å². The third-order valence-electron chi connectivity index (χ3n) is 4.50. The normalized spacial score (nSPS) is 34.1. The Kier molecular flexibility index (Phi) is 2.94. The first-order valence-electron chi connectivity index (χ1n) is 6.73. The second kappa shape index (κ2) is 4.24. The number of nitrogens with two attached hydrogens (primary N) is 1. The van der Waals surface area contributed by atoms with Crippen molar-refractivity contribution in [1.82, 2.24) is 0 Å². The first-order valence-corrected chi connectivity index (χ1v) is 7.52. The van der Waals surface area contributed by atoms with Gasteiger partial charge in [0, 0.05) is 22.5 Å². The highest BCUT2D eigenvalue weighted by Gasteiger charge is 2.50. The third kappa shape index (κ3) is 1.97. The molecule has 1 spiro atoms. The van der Waals surface area contributed by atoms with Crippen molar-refractivity contribution in [3.8, 4) is 5.75 Å². The molecule has 1 atom stereocenters. The molecular formula is C15H20BrNO. The fraction of sp³-hybridized carbons (Fsp3) is 0.600. The highest BCUT2D eigenvalue weighted by molar-refractivity contribution is 9.10. The van der Waals surface area contributed by atoms with Crippen LogP contribution in [-0.2, 0) is 0 Å². The number of halogens is 1. The van der Waals surface area contributed by atoms with E-state index in [1.54, 1.807) is 0 Å². The molecule has 0 bridgehead atoms. The van der Waals surface area contributed by atoms with Crippen molar-refractivity contribution in [2.24, 2.45) is 17.6 Å².